The van der Waals surface area contributed by atoms with Crippen molar-refractivity contribution in [1.29, 1.82) is 0 Å². The molecule has 1 aliphatic carbocycles. The van der Waals surface area contributed by atoms with E-state index < -0.39 is 0 Å². The van der Waals surface area contributed by atoms with Gasteiger partial charge in [-0.1, -0.05) is 13.8 Å². The smallest absolute Gasteiger partial charge is 0.225 e. The van der Waals surface area contributed by atoms with E-state index in [0.717, 1.165) is 30.8 Å². The molecule has 1 N–H and O–H groups in total. The Hall–Kier alpha value is -1.43. The maximum Gasteiger partial charge on any atom is 0.225 e. The zero-order valence-corrected chi connectivity index (χ0v) is 14.7. The molecule has 1 aliphatic heterocycles. The normalized spacial score (nSPS) is 20.4. The molecule has 1 fully saturated rings. The standard InChI is InChI=1S/C17H25N3O2S/c1-11(2)9-20-10-12(8-16(20)21)17(22)18-7-6-15-19-13-4-3-5-14(13)23-15/h11-12H,3-10H2,1-2H3,(H,18,22). The van der Waals surface area contributed by atoms with Gasteiger partial charge in [-0.25, -0.2) is 4.98 Å². The fourth-order valence-corrected chi connectivity index (χ4v) is 4.51. The fourth-order valence-electron chi connectivity index (χ4n) is 3.35. The summed E-state index contributed by atoms with van der Waals surface area (Å²) in [6.45, 7) is 6.10. The highest BCUT2D eigenvalue weighted by atomic mass is 32.1. The van der Waals surface area contributed by atoms with E-state index in [-0.39, 0.29) is 17.7 Å². The monoisotopic (exact) mass is 335 g/mol. The largest absolute Gasteiger partial charge is 0.355 e. The minimum Gasteiger partial charge on any atom is -0.355 e. The number of rotatable bonds is 6. The van der Waals surface area contributed by atoms with Crippen LogP contribution in [0, 0.1) is 11.8 Å². The Morgan fingerprint density at radius 3 is 3.00 bits per heavy atom. The molecule has 23 heavy (non-hydrogen) atoms. The number of aryl methyl sites for hydroxylation is 2. The minimum atomic E-state index is -0.192. The summed E-state index contributed by atoms with van der Waals surface area (Å²) in [5, 5.41) is 4.11. The lowest BCUT2D eigenvalue weighted by atomic mass is 10.1. The first-order valence-corrected chi connectivity index (χ1v) is 9.37. The number of hydrogen-bond donors (Lipinski definition) is 1. The summed E-state index contributed by atoms with van der Waals surface area (Å²) >= 11 is 1.79. The molecule has 2 amide bonds. The number of nitrogens with zero attached hydrogens (tertiary/aromatic N) is 2. The van der Waals surface area contributed by atoms with Gasteiger partial charge >= 0.3 is 0 Å². The van der Waals surface area contributed by atoms with E-state index in [2.05, 4.69) is 24.1 Å². The molecule has 1 saturated heterocycles. The number of nitrogens with one attached hydrogen (secondary N) is 1. The zero-order valence-electron chi connectivity index (χ0n) is 13.9. The quantitative estimate of drug-likeness (QED) is 0.862. The van der Waals surface area contributed by atoms with E-state index >= 15 is 0 Å². The van der Waals surface area contributed by atoms with Gasteiger partial charge in [-0.3, -0.25) is 9.59 Å². The highest BCUT2D eigenvalue weighted by molar-refractivity contribution is 7.11. The van der Waals surface area contributed by atoms with E-state index in [1.165, 1.54) is 17.0 Å². The Morgan fingerprint density at radius 2 is 2.26 bits per heavy atom. The molecule has 1 atom stereocenters. The van der Waals surface area contributed by atoms with Crippen LogP contribution in [-0.4, -0.2) is 41.3 Å². The molecule has 3 rings (SSSR count). The van der Waals surface area contributed by atoms with Crippen molar-refractivity contribution in [3.63, 3.8) is 0 Å². The van der Waals surface area contributed by atoms with Crippen LogP contribution in [0.1, 0.15) is 42.3 Å². The highest BCUT2D eigenvalue weighted by Gasteiger charge is 2.34. The van der Waals surface area contributed by atoms with Gasteiger partial charge in [-0.05, 0) is 25.2 Å². The molecule has 2 aliphatic rings. The van der Waals surface area contributed by atoms with Gasteiger partial charge in [0.1, 0.15) is 0 Å². The molecular formula is C17H25N3O2S. The second kappa shape index (κ2) is 6.99. The second-order valence-electron chi connectivity index (χ2n) is 6.97. The summed E-state index contributed by atoms with van der Waals surface area (Å²) in [7, 11) is 0. The summed E-state index contributed by atoms with van der Waals surface area (Å²) in [6, 6.07) is 0. The number of fused-ring (bicyclic) bond motifs is 1. The van der Waals surface area contributed by atoms with Gasteiger partial charge in [-0.2, -0.15) is 0 Å². The van der Waals surface area contributed by atoms with Crippen LogP contribution in [0.3, 0.4) is 0 Å². The van der Waals surface area contributed by atoms with Crippen LogP contribution >= 0.6 is 11.3 Å². The number of amides is 2. The van der Waals surface area contributed by atoms with Gasteiger partial charge in [0.2, 0.25) is 11.8 Å². The highest BCUT2D eigenvalue weighted by Crippen LogP contribution is 2.27. The molecule has 0 saturated carbocycles. The van der Waals surface area contributed by atoms with Gasteiger partial charge in [-0.15, -0.1) is 11.3 Å². The molecule has 2 heterocycles. The van der Waals surface area contributed by atoms with E-state index in [1.807, 2.05) is 4.90 Å². The third kappa shape index (κ3) is 3.91. The van der Waals surface area contributed by atoms with E-state index in [1.54, 1.807) is 11.3 Å². The third-order valence-corrected chi connectivity index (χ3v) is 5.67. The van der Waals surface area contributed by atoms with Crippen LogP contribution in [0.15, 0.2) is 0 Å². The first kappa shape index (κ1) is 16.4. The third-order valence-electron chi connectivity index (χ3n) is 4.45. The van der Waals surface area contributed by atoms with Crippen LogP contribution in [0.2, 0.25) is 0 Å². The lowest BCUT2D eigenvalue weighted by molar-refractivity contribution is -0.129. The average Bonchev–Trinajstić information content (AvgIpc) is 3.14. The lowest BCUT2D eigenvalue weighted by Gasteiger charge is -2.18. The van der Waals surface area contributed by atoms with Crippen molar-refractivity contribution >= 4 is 23.2 Å². The Balaban J connectivity index is 1.43. The molecule has 0 aromatic carbocycles. The van der Waals surface area contributed by atoms with Crippen molar-refractivity contribution in [2.75, 3.05) is 19.6 Å². The van der Waals surface area contributed by atoms with Gasteiger partial charge < -0.3 is 10.2 Å². The Kier molecular flexibility index (Phi) is 4.99. The molecular weight excluding hydrogens is 310 g/mol. The first-order valence-electron chi connectivity index (χ1n) is 8.56. The molecule has 1 unspecified atom stereocenters. The van der Waals surface area contributed by atoms with E-state index in [4.69, 9.17) is 0 Å². The van der Waals surface area contributed by atoms with Crippen molar-refractivity contribution in [3.05, 3.63) is 15.6 Å². The van der Waals surface area contributed by atoms with Gasteiger partial charge in [0.25, 0.3) is 0 Å². The van der Waals surface area contributed by atoms with Crippen molar-refractivity contribution in [2.24, 2.45) is 11.8 Å². The van der Waals surface area contributed by atoms with Crippen molar-refractivity contribution in [1.82, 2.24) is 15.2 Å². The molecule has 1 aromatic rings. The first-order chi connectivity index (χ1) is 11.0. The van der Waals surface area contributed by atoms with Crippen molar-refractivity contribution in [2.45, 2.75) is 46.0 Å². The number of hydrogen-bond acceptors (Lipinski definition) is 4. The molecule has 5 nitrogen and oxygen atoms in total. The average molecular weight is 335 g/mol. The molecule has 0 spiro atoms. The van der Waals surface area contributed by atoms with Gasteiger partial charge in [0.05, 0.1) is 16.6 Å². The lowest BCUT2D eigenvalue weighted by Crippen LogP contribution is -2.35. The second-order valence-corrected chi connectivity index (χ2v) is 8.13. The molecule has 126 valence electrons. The van der Waals surface area contributed by atoms with Crippen LogP contribution in [0.25, 0.3) is 0 Å². The predicted molar refractivity (Wildman–Crippen MR) is 90.4 cm³/mol. The molecule has 0 bridgehead atoms. The fraction of sp³-hybridized carbons (Fsp3) is 0.706. The molecule has 6 heteroatoms. The maximum absolute atomic E-state index is 12.2. The van der Waals surface area contributed by atoms with E-state index in [9.17, 15) is 9.59 Å². The number of carbonyl (C=O) groups excluding carboxylic acids is 2. The van der Waals surface area contributed by atoms with Crippen molar-refractivity contribution < 1.29 is 9.59 Å². The summed E-state index contributed by atoms with van der Waals surface area (Å²) < 4.78 is 0. The molecule has 0 radical (unpaired) electrons. The Bertz CT molecular complexity index is 575. The van der Waals surface area contributed by atoms with Crippen LogP contribution < -0.4 is 5.32 Å². The van der Waals surface area contributed by atoms with Crippen LogP contribution in [0.4, 0.5) is 0 Å². The predicted octanol–water partition coefficient (Wildman–Crippen LogP) is 1.79. The summed E-state index contributed by atoms with van der Waals surface area (Å²) in [5.41, 5.74) is 1.27. The Morgan fingerprint density at radius 1 is 1.43 bits per heavy atom. The summed E-state index contributed by atoms with van der Waals surface area (Å²) in [5.74, 6) is 0.360. The van der Waals surface area contributed by atoms with Crippen LogP contribution in [0.5, 0.6) is 0 Å². The molecule has 1 aromatic heterocycles. The number of thiazole rings is 1. The zero-order chi connectivity index (χ0) is 16.4. The number of carbonyl (C=O) groups is 2. The van der Waals surface area contributed by atoms with Gasteiger partial charge in [0.15, 0.2) is 0 Å². The maximum atomic E-state index is 12.2. The topological polar surface area (TPSA) is 62.3 Å². The SMILES string of the molecule is CC(C)CN1CC(C(=O)NCCc2nc3c(s2)CCC3)CC1=O. The van der Waals surface area contributed by atoms with Crippen molar-refractivity contribution in [3.8, 4) is 0 Å². The van der Waals surface area contributed by atoms with Crippen LogP contribution in [-0.2, 0) is 28.9 Å². The van der Waals surface area contributed by atoms with E-state index in [0.29, 0.717) is 25.4 Å². The Labute approximate surface area is 141 Å². The summed E-state index contributed by atoms with van der Waals surface area (Å²) in [4.78, 5) is 32.1. The number of aromatic nitrogens is 1. The van der Waals surface area contributed by atoms with Gasteiger partial charge in [0, 0.05) is 37.4 Å². The minimum absolute atomic E-state index is 0.00806. The summed E-state index contributed by atoms with van der Waals surface area (Å²) in [6.07, 6.45) is 4.64. The number of likely N-dealkylation sites (tertiary alicyclic amines) is 1.